The third kappa shape index (κ3) is 2.79. The highest BCUT2D eigenvalue weighted by Gasteiger charge is 2.02. The van der Waals surface area contributed by atoms with Gasteiger partial charge in [0.25, 0.3) is 0 Å². The first-order valence-electron chi connectivity index (χ1n) is 6.53. The van der Waals surface area contributed by atoms with Crippen molar-refractivity contribution in [2.45, 2.75) is 0 Å². The molecule has 21 heavy (non-hydrogen) atoms. The molecule has 4 nitrogen and oxygen atoms in total. The van der Waals surface area contributed by atoms with Crippen LogP contribution in [-0.2, 0) is 0 Å². The average Bonchev–Trinajstić information content (AvgIpc) is 2.51. The molecule has 4 heteroatoms. The normalized spacial score (nSPS) is 11.0. The lowest BCUT2D eigenvalue weighted by Gasteiger charge is -2.03. The molecule has 3 aromatic carbocycles. The van der Waals surface area contributed by atoms with Gasteiger partial charge in [-0.1, -0.05) is 36.4 Å². The van der Waals surface area contributed by atoms with E-state index >= 15 is 0 Å². The summed E-state index contributed by atoms with van der Waals surface area (Å²) in [6.07, 6.45) is 1.46. The maximum Gasteiger partial charge on any atom is 0.166 e. The second-order valence-corrected chi connectivity index (χ2v) is 4.65. The molecule has 0 saturated carbocycles. The van der Waals surface area contributed by atoms with E-state index in [-0.39, 0.29) is 11.5 Å². The van der Waals surface area contributed by atoms with Gasteiger partial charge in [0.15, 0.2) is 11.5 Å². The predicted molar refractivity (Wildman–Crippen MR) is 84.9 cm³/mol. The Kier molecular flexibility index (Phi) is 3.43. The molecule has 0 amide bonds. The van der Waals surface area contributed by atoms with Crippen LogP contribution in [-0.4, -0.2) is 16.4 Å². The Labute approximate surface area is 122 Å². The van der Waals surface area contributed by atoms with Gasteiger partial charge in [0.05, 0.1) is 11.9 Å². The fourth-order valence-electron chi connectivity index (χ4n) is 2.09. The molecule has 0 aliphatic heterocycles. The predicted octanol–water partition coefficient (Wildman–Crippen LogP) is 3.70. The minimum atomic E-state index is -0.179. The van der Waals surface area contributed by atoms with E-state index in [0.717, 1.165) is 16.5 Å². The van der Waals surface area contributed by atoms with Crippen molar-refractivity contribution in [2.75, 3.05) is 5.43 Å². The Balaban J connectivity index is 1.79. The monoisotopic (exact) mass is 278 g/mol. The summed E-state index contributed by atoms with van der Waals surface area (Å²) >= 11 is 0. The van der Waals surface area contributed by atoms with Crippen LogP contribution in [0.15, 0.2) is 65.8 Å². The fraction of sp³-hybridized carbons (Fsp3) is 0. The molecular weight excluding hydrogens is 264 g/mol. The molecule has 0 aliphatic rings. The highest BCUT2D eigenvalue weighted by Crippen LogP contribution is 2.26. The van der Waals surface area contributed by atoms with E-state index in [1.165, 1.54) is 12.3 Å². The second kappa shape index (κ2) is 5.54. The highest BCUT2D eigenvalue weighted by molar-refractivity contribution is 5.87. The number of para-hydroxylation sites is 1. The van der Waals surface area contributed by atoms with Gasteiger partial charge >= 0.3 is 0 Å². The van der Waals surface area contributed by atoms with Gasteiger partial charge in [-0.2, -0.15) is 5.10 Å². The minimum Gasteiger partial charge on any atom is -0.504 e. The average molecular weight is 278 g/mol. The van der Waals surface area contributed by atoms with Crippen molar-refractivity contribution in [2.24, 2.45) is 5.10 Å². The quantitative estimate of drug-likeness (QED) is 0.389. The number of nitrogens with one attached hydrogen (secondary N) is 1. The highest BCUT2D eigenvalue weighted by atomic mass is 16.3. The van der Waals surface area contributed by atoms with Crippen molar-refractivity contribution in [1.29, 1.82) is 0 Å². The van der Waals surface area contributed by atoms with Crippen LogP contribution in [0.2, 0.25) is 0 Å². The zero-order chi connectivity index (χ0) is 14.7. The van der Waals surface area contributed by atoms with E-state index in [1.807, 2.05) is 42.5 Å². The number of anilines is 1. The summed E-state index contributed by atoms with van der Waals surface area (Å²) in [6, 6.07) is 18.7. The molecule has 0 aliphatic carbocycles. The molecule has 0 unspecified atom stereocenters. The van der Waals surface area contributed by atoms with Gasteiger partial charge in [0.1, 0.15) is 0 Å². The van der Waals surface area contributed by atoms with Crippen molar-refractivity contribution in [1.82, 2.24) is 0 Å². The first-order valence-corrected chi connectivity index (χ1v) is 6.53. The maximum absolute atomic E-state index is 9.67. The van der Waals surface area contributed by atoms with Crippen molar-refractivity contribution in [3.63, 3.8) is 0 Å². The lowest BCUT2D eigenvalue weighted by Crippen LogP contribution is -1.91. The summed E-state index contributed by atoms with van der Waals surface area (Å²) in [4.78, 5) is 0. The van der Waals surface area contributed by atoms with Crippen LogP contribution in [0, 0.1) is 0 Å². The second-order valence-electron chi connectivity index (χ2n) is 4.65. The summed E-state index contributed by atoms with van der Waals surface area (Å²) in [5, 5.41) is 25.4. The Morgan fingerprint density at radius 3 is 2.52 bits per heavy atom. The molecule has 3 aromatic rings. The van der Waals surface area contributed by atoms with Crippen LogP contribution < -0.4 is 5.43 Å². The molecule has 0 aromatic heterocycles. The zero-order valence-corrected chi connectivity index (χ0v) is 11.2. The number of phenolic OH excluding ortho intramolecular Hbond substituents is 2. The first-order chi connectivity index (χ1) is 10.2. The smallest absolute Gasteiger partial charge is 0.166 e. The number of hydrazone groups is 1. The lowest BCUT2D eigenvalue weighted by molar-refractivity contribution is 0.403. The van der Waals surface area contributed by atoms with Crippen LogP contribution in [0.5, 0.6) is 11.5 Å². The number of hydrogen-bond acceptors (Lipinski definition) is 4. The van der Waals surface area contributed by atoms with Crippen LogP contribution >= 0.6 is 0 Å². The summed E-state index contributed by atoms with van der Waals surface area (Å²) in [5.41, 5.74) is 4.21. The minimum absolute atomic E-state index is 0.162. The molecule has 0 heterocycles. The summed E-state index contributed by atoms with van der Waals surface area (Å²) < 4.78 is 0. The molecule has 0 fully saturated rings. The van der Waals surface area contributed by atoms with E-state index < -0.39 is 0 Å². The topological polar surface area (TPSA) is 64.9 Å². The van der Waals surface area contributed by atoms with E-state index in [4.69, 9.17) is 0 Å². The van der Waals surface area contributed by atoms with E-state index in [0.29, 0.717) is 5.56 Å². The van der Waals surface area contributed by atoms with E-state index in [2.05, 4.69) is 10.5 Å². The summed E-state index contributed by atoms with van der Waals surface area (Å²) in [5.74, 6) is -0.341. The standard InChI is InChI=1S/C17H14N2O2/c20-16-7-3-6-14(17(16)21)11-18-19-15-9-8-12-4-1-2-5-13(12)10-15/h1-11,19-21H. The maximum atomic E-state index is 9.67. The molecule has 0 bridgehead atoms. The van der Waals surface area contributed by atoms with Crippen molar-refractivity contribution in [3.05, 3.63) is 66.2 Å². The number of phenols is 2. The molecule has 0 saturated heterocycles. The first kappa shape index (κ1) is 13.0. The third-order valence-corrected chi connectivity index (χ3v) is 3.19. The molecule has 0 atom stereocenters. The molecule has 0 spiro atoms. The molecular formula is C17H14N2O2. The number of fused-ring (bicyclic) bond motifs is 1. The van der Waals surface area contributed by atoms with Gasteiger partial charge in [0, 0.05) is 5.56 Å². The Morgan fingerprint density at radius 1 is 0.857 bits per heavy atom. The van der Waals surface area contributed by atoms with Gasteiger partial charge in [-0.25, -0.2) is 0 Å². The molecule has 3 rings (SSSR count). The Hall–Kier alpha value is -3.01. The van der Waals surface area contributed by atoms with Crippen LogP contribution in [0.4, 0.5) is 5.69 Å². The van der Waals surface area contributed by atoms with Crippen LogP contribution in [0.1, 0.15) is 5.56 Å². The fourth-order valence-corrected chi connectivity index (χ4v) is 2.09. The van der Waals surface area contributed by atoms with E-state index in [9.17, 15) is 10.2 Å². The van der Waals surface area contributed by atoms with E-state index in [1.54, 1.807) is 12.1 Å². The number of benzene rings is 3. The largest absolute Gasteiger partial charge is 0.504 e. The van der Waals surface area contributed by atoms with Gasteiger partial charge in [0.2, 0.25) is 0 Å². The van der Waals surface area contributed by atoms with Crippen molar-refractivity contribution < 1.29 is 10.2 Å². The van der Waals surface area contributed by atoms with Crippen LogP contribution in [0.25, 0.3) is 10.8 Å². The number of nitrogens with zero attached hydrogens (tertiary/aromatic N) is 1. The lowest BCUT2D eigenvalue weighted by atomic mass is 10.1. The number of aromatic hydroxyl groups is 2. The van der Waals surface area contributed by atoms with Gasteiger partial charge < -0.3 is 10.2 Å². The van der Waals surface area contributed by atoms with Crippen LogP contribution in [0.3, 0.4) is 0 Å². The van der Waals surface area contributed by atoms with Crippen molar-refractivity contribution >= 4 is 22.7 Å². The van der Waals surface area contributed by atoms with Crippen molar-refractivity contribution in [3.8, 4) is 11.5 Å². The molecule has 104 valence electrons. The van der Waals surface area contributed by atoms with Gasteiger partial charge in [-0.15, -0.1) is 0 Å². The number of rotatable bonds is 3. The van der Waals surface area contributed by atoms with Gasteiger partial charge in [-0.05, 0) is 35.0 Å². The third-order valence-electron chi connectivity index (χ3n) is 3.19. The molecule has 3 N–H and O–H groups in total. The molecule has 0 radical (unpaired) electrons. The summed E-state index contributed by atoms with van der Waals surface area (Å²) in [6.45, 7) is 0. The zero-order valence-electron chi connectivity index (χ0n) is 11.2. The Bertz CT molecular complexity index is 813. The summed E-state index contributed by atoms with van der Waals surface area (Å²) in [7, 11) is 0. The van der Waals surface area contributed by atoms with Gasteiger partial charge in [-0.3, -0.25) is 5.43 Å². The SMILES string of the molecule is Oc1cccc(C=NNc2ccc3ccccc3c2)c1O. The number of hydrogen-bond donors (Lipinski definition) is 3. The Morgan fingerprint density at radius 2 is 1.67 bits per heavy atom.